The predicted octanol–water partition coefficient (Wildman–Crippen LogP) is 2.17. The SMILES string of the molecule is COc1ccc([N+](=O)[O-])c([C@@H](OCc2cn(CC3COC(CO)=C3O)c(=O)[nH]c2=O)C(C)(C)C)c1. The number of aliphatic hydroxyl groups is 2. The Morgan fingerprint density at radius 3 is 2.63 bits per heavy atom. The molecule has 0 saturated carbocycles. The fraction of sp³-hybridized carbons (Fsp3) is 0.478. The summed E-state index contributed by atoms with van der Waals surface area (Å²) in [5.41, 5.74) is -1.67. The Kier molecular flexibility index (Phi) is 7.66. The number of nitro benzene ring substituents is 1. The van der Waals surface area contributed by atoms with Gasteiger partial charge in [-0.1, -0.05) is 20.8 Å². The highest BCUT2D eigenvalue weighted by molar-refractivity contribution is 5.47. The van der Waals surface area contributed by atoms with E-state index >= 15 is 0 Å². The second kappa shape index (κ2) is 10.3. The van der Waals surface area contributed by atoms with Crippen LogP contribution in [0.3, 0.4) is 0 Å². The lowest BCUT2D eigenvalue weighted by Crippen LogP contribution is -2.34. The summed E-state index contributed by atoms with van der Waals surface area (Å²) >= 11 is 0. The van der Waals surface area contributed by atoms with Gasteiger partial charge >= 0.3 is 5.69 Å². The standard InChI is InChI=1S/C23H29N3O9/c1-23(2,3)20(16-7-15(33-4)5-6-17(16)26(31)32)35-12-14-9-25(22(30)24-21(14)29)8-13-11-34-18(10-27)19(13)28/h5-7,9,13,20,27-28H,8,10-12H2,1-4H3,(H,24,29,30)/t13?,20-/m1/s1. The monoisotopic (exact) mass is 491 g/mol. The fourth-order valence-electron chi connectivity index (χ4n) is 3.89. The molecule has 3 N–H and O–H groups in total. The number of benzene rings is 1. The summed E-state index contributed by atoms with van der Waals surface area (Å²) in [5, 5.41) is 31.0. The van der Waals surface area contributed by atoms with Crippen LogP contribution in [0.1, 0.15) is 38.0 Å². The van der Waals surface area contributed by atoms with E-state index in [9.17, 15) is 29.9 Å². The zero-order valence-corrected chi connectivity index (χ0v) is 19.9. The summed E-state index contributed by atoms with van der Waals surface area (Å²) in [6.07, 6.45) is 0.533. The molecule has 12 heteroatoms. The van der Waals surface area contributed by atoms with E-state index in [1.165, 1.54) is 36.1 Å². The van der Waals surface area contributed by atoms with E-state index in [0.29, 0.717) is 11.3 Å². The number of aromatic nitrogens is 2. The summed E-state index contributed by atoms with van der Waals surface area (Å²) in [5.74, 6) is -0.259. The van der Waals surface area contributed by atoms with Gasteiger partial charge in [-0.15, -0.1) is 0 Å². The molecule has 1 aromatic carbocycles. The molecule has 1 unspecified atom stereocenters. The molecule has 2 heterocycles. The minimum atomic E-state index is -0.792. The molecule has 3 rings (SSSR count). The van der Waals surface area contributed by atoms with E-state index in [4.69, 9.17) is 14.2 Å². The van der Waals surface area contributed by atoms with Crippen LogP contribution in [0.4, 0.5) is 5.69 Å². The highest BCUT2D eigenvalue weighted by atomic mass is 16.6. The normalized spacial score (nSPS) is 16.8. The minimum absolute atomic E-state index is 0.00199. The van der Waals surface area contributed by atoms with Crippen LogP contribution >= 0.6 is 0 Å². The third-order valence-corrected chi connectivity index (χ3v) is 5.68. The van der Waals surface area contributed by atoms with Gasteiger partial charge in [0.15, 0.2) is 5.76 Å². The summed E-state index contributed by atoms with van der Waals surface area (Å²) in [4.78, 5) is 38.2. The molecule has 0 bridgehead atoms. The number of hydrogen-bond donors (Lipinski definition) is 3. The number of aliphatic hydroxyl groups excluding tert-OH is 2. The van der Waals surface area contributed by atoms with Gasteiger partial charge in [0.05, 0.1) is 48.4 Å². The maximum atomic E-state index is 12.5. The fourth-order valence-corrected chi connectivity index (χ4v) is 3.89. The minimum Gasteiger partial charge on any atom is -0.508 e. The summed E-state index contributed by atoms with van der Waals surface area (Å²) in [6, 6.07) is 4.36. The largest absolute Gasteiger partial charge is 0.508 e. The second-order valence-electron chi connectivity index (χ2n) is 9.28. The second-order valence-corrected chi connectivity index (χ2v) is 9.28. The lowest BCUT2D eigenvalue weighted by Gasteiger charge is -2.31. The number of nitrogens with zero attached hydrogens (tertiary/aromatic N) is 2. The molecule has 2 atom stereocenters. The molecule has 0 spiro atoms. The first kappa shape index (κ1) is 26.0. The first-order valence-electron chi connectivity index (χ1n) is 10.9. The Hall–Kier alpha value is -3.64. The van der Waals surface area contributed by atoms with Gasteiger partial charge in [-0.05, 0) is 17.5 Å². The molecule has 1 aliphatic rings. The van der Waals surface area contributed by atoms with Crippen molar-refractivity contribution < 1.29 is 29.3 Å². The molecule has 0 amide bonds. The highest BCUT2D eigenvalue weighted by Gasteiger charge is 2.34. The van der Waals surface area contributed by atoms with Crippen molar-refractivity contribution in [1.82, 2.24) is 9.55 Å². The van der Waals surface area contributed by atoms with Crippen LogP contribution in [0, 0.1) is 21.4 Å². The number of methoxy groups -OCH3 is 1. The molecule has 0 saturated heterocycles. The lowest BCUT2D eigenvalue weighted by molar-refractivity contribution is -0.386. The van der Waals surface area contributed by atoms with Crippen LogP contribution < -0.4 is 16.0 Å². The van der Waals surface area contributed by atoms with Gasteiger partial charge in [0.1, 0.15) is 18.1 Å². The molecule has 1 aromatic heterocycles. The zero-order chi connectivity index (χ0) is 25.9. The Morgan fingerprint density at radius 2 is 2.06 bits per heavy atom. The first-order chi connectivity index (χ1) is 16.5. The average molecular weight is 491 g/mol. The van der Waals surface area contributed by atoms with Crippen molar-refractivity contribution in [3.05, 3.63) is 78.0 Å². The maximum Gasteiger partial charge on any atom is 0.328 e. The van der Waals surface area contributed by atoms with Crippen LogP contribution in [-0.2, 0) is 22.6 Å². The van der Waals surface area contributed by atoms with Gasteiger partial charge < -0.3 is 24.4 Å². The molecule has 12 nitrogen and oxygen atoms in total. The van der Waals surface area contributed by atoms with Crippen molar-refractivity contribution in [2.75, 3.05) is 20.3 Å². The van der Waals surface area contributed by atoms with Gasteiger partial charge in [0, 0.05) is 18.8 Å². The Balaban J connectivity index is 1.91. The van der Waals surface area contributed by atoms with E-state index in [-0.39, 0.29) is 42.5 Å². The Labute approximate surface area is 200 Å². The van der Waals surface area contributed by atoms with E-state index in [2.05, 4.69) is 4.98 Å². The van der Waals surface area contributed by atoms with Crippen molar-refractivity contribution in [2.45, 2.75) is 40.0 Å². The maximum absolute atomic E-state index is 12.5. The summed E-state index contributed by atoms with van der Waals surface area (Å²) < 4.78 is 17.7. The molecular weight excluding hydrogens is 462 g/mol. The molecule has 2 aromatic rings. The van der Waals surface area contributed by atoms with Crippen LogP contribution in [0.5, 0.6) is 5.75 Å². The number of hydrogen-bond acceptors (Lipinski definition) is 9. The third kappa shape index (κ3) is 5.72. The van der Waals surface area contributed by atoms with Gasteiger partial charge in [-0.2, -0.15) is 0 Å². The van der Waals surface area contributed by atoms with Crippen molar-refractivity contribution >= 4 is 5.69 Å². The summed E-state index contributed by atoms with van der Waals surface area (Å²) in [7, 11) is 1.45. The van der Waals surface area contributed by atoms with Crippen molar-refractivity contribution in [3.63, 3.8) is 0 Å². The molecule has 190 valence electrons. The van der Waals surface area contributed by atoms with Gasteiger partial charge in [-0.25, -0.2) is 4.79 Å². The number of H-pyrrole nitrogens is 1. The number of ether oxygens (including phenoxy) is 3. The molecule has 0 fully saturated rings. The Morgan fingerprint density at radius 1 is 1.34 bits per heavy atom. The average Bonchev–Trinajstić information content (AvgIpc) is 3.14. The van der Waals surface area contributed by atoms with Crippen LogP contribution in [0.25, 0.3) is 0 Å². The topological polar surface area (TPSA) is 166 Å². The molecule has 0 aliphatic carbocycles. The lowest BCUT2D eigenvalue weighted by atomic mass is 9.83. The number of nitrogens with one attached hydrogen (secondary N) is 1. The van der Waals surface area contributed by atoms with E-state index < -0.39 is 40.2 Å². The van der Waals surface area contributed by atoms with Crippen molar-refractivity contribution in [1.29, 1.82) is 0 Å². The highest BCUT2D eigenvalue weighted by Crippen LogP contribution is 2.42. The van der Waals surface area contributed by atoms with E-state index in [1.54, 1.807) is 0 Å². The van der Waals surface area contributed by atoms with Crippen LogP contribution in [0.2, 0.25) is 0 Å². The number of nitro groups is 1. The quantitative estimate of drug-likeness (QED) is 0.352. The molecular formula is C23H29N3O9. The van der Waals surface area contributed by atoms with Gasteiger partial charge in [-0.3, -0.25) is 24.5 Å². The van der Waals surface area contributed by atoms with E-state index in [1.807, 2.05) is 20.8 Å². The number of rotatable bonds is 9. The van der Waals surface area contributed by atoms with Crippen molar-refractivity contribution in [2.24, 2.45) is 11.3 Å². The molecule has 1 aliphatic heterocycles. The van der Waals surface area contributed by atoms with E-state index in [0.717, 1.165) is 0 Å². The zero-order valence-electron chi connectivity index (χ0n) is 19.9. The number of aromatic amines is 1. The van der Waals surface area contributed by atoms with Gasteiger partial charge in [0.2, 0.25) is 0 Å². The van der Waals surface area contributed by atoms with Gasteiger partial charge in [0.25, 0.3) is 11.2 Å². The predicted molar refractivity (Wildman–Crippen MR) is 124 cm³/mol. The smallest absolute Gasteiger partial charge is 0.328 e. The third-order valence-electron chi connectivity index (χ3n) is 5.68. The molecule has 0 radical (unpaired) electrons. The summed E-state index contributed by atoms with van der Waals surface area (Å²) in [6.45, 7) is 4.91. The van der Waals surface area contributed by atoms with Crippen LogP contribution in [0.15, 0.2) is 45.5 Å². The first-order valence-corrected chi connectivity index (χ1v) is 10.9. The van der Waals surface area contributed by atoms with Crippen LogP contribution in [-0.4, -0.2) is 45.0 Å². The van der Waals surface area contributed by atoms with Crippen molar-refractivity contribution in [3.8, 4) is 5.75 Å². The molecule has 35 heavy (non-hydrogen) atoms. The Bertz CT molecular complexity index is 1240.